The monoisotopic (exact) mass is 387 g/mol. The fourth-order valence-corrected chi connectivity index (χ4v) is 4.94. The first kappa shape index (κ1) is 17.4. The Morgan fingerprint density at radius 3 is 2.57 bits per heavy atom. The second-order valence-electron chi connectivity index (χ2n) is 7.48. The van der Waals surface area contributed by atoms with Gasteiger partial charge in [0.15, 0.2) is 0 Å². The summed E-state index contributed by atoms with van der Waals surface area (Å²) in [4.78, 5) is 17.1. The third kappa shape index (κ3) is 3.29. The molecular formula is C24H21NO2S. The quantitative estimate of drug-likeness (QED) is 0.370. The fraction of sp³-hybridized carbons (Fsp3) is 0.250. The molecule has 5 rings (SSSR count). The van der Waals surface area contributed by atoms with Crippen LogP contribution in [0.15, 0.2) is 69.2 Å². The van der Waals surface area contributed by atoms with E-state index in [-0.39, 0.29) is 5.63 Å². The van der Waals surface area contributed by atoms with Crippen LogP contribution in [0, 0.1) is 0 Å². The van der Waals surface area contributed by atoms with Crippen molar-refractivity contribution < 1.29 is 4.42 Å². The van der Waals surface area contributed by atoms with E-state index in [4.69, 9.17) is 9.40 Å². The standard InChI is InChI=1S/C24H21NO2S/c26-24-20(14-19-8-4-5-9-22(19)27-24)23-25-21(15-28-23)18-12-10-17(11-13-18)16-6-2-1-3-7-16/h4-5,8-16H,1-3,6-7H2. The molecule has 0 unspecified atom stereocenters. The highest BCUT2D eigenvalue weighted by Crippen LogP contribution is 2.34. The van der Waals surface area contributed by atoms with Crippen LogP contribution in [-0.4, -0.2) is 4.98 Å². The highest BCUT2D eigenvalue weighted by Gasteiger charge is 2.16. The summed E-state index contributed by atoms with van der Waals surface area (Å²) in [5.41, 5.74) is 4.22. The first-order valence-corrected chi connectivity index (χ1v) is 10.7. The average molecular weight is 388 g/mol. The summed E-state index contributed by atoms with van der Waals surface area (Å²) in [6.07, 6.45) is 6.67. The van der Waals surface area contributed by atoms with Crippen LogP contribution >= 0.6 is 11.3 Å². The van der Waals surface area contributed by atoms with Gasteiger partial charge in [-0.05, 0) is 36.5 Å². The minimum atomic E-state index is -0.341. The molecule has 1 fully saturated rings. The summed E-state index contributed by atoms with van der Waals surface area (Å²) >= 11 is 1.48. The topological polar surface area (TPSA) is 43.1 Å². The predicted octanol–water partition coefficient (Wildman–Crippen LogP) is 6.63. The van der Waals surface area contributed by atoms with E-state index < -0.39 is 0 Å². The van der Waals surface area contributed by atoms with Crippen molar-refractivity contribution in [1.29, 1.82) is 0 Å². The number of rotatable bonds is 3. The zero-order chi connectivity index (χ0) is 18.9. The predicted molar refractivity (Wildman–Crippen MR) is 115 cm³/mol. The molecule has 0 amide bonds. The highest BCUT2D eigenvalue weighted by atomic mass is 32.1. The minimum Gasteiger partial charge on any atom is -0.422 e. The van der Waals surface area contributed by atoms with Crippen molar-refractivity contribution in [3.8, 4) is 21.8 Å². The minimum absolute atomic E-state index is 0.341. The van der Waals surface area contributed by atoms with E-state index in [1.165, 1.54) is 49.0 Å². The number of para-hydroxylation sites is 1. The Bertz CT molecular complexity index is 1170. The number of fused-ring (bicyclic) bond motifs is 1. The van der Waals surface area contributed by atoms with Gasteiger partial charge < -0.3 is 4.42 Å². The van der Waals surface area contributed by atoms with Gasteiger partial charge in [-0.1, -0.05) is 61.7 Å². The third-order valence-corrected chi connectivity index (χ3v) is 6.53. The van der Waals surface area contributed by atoms with E-state index >= 15 is 0 Å². The van der Waals surface area contributed by atoms with Gasteiger partial charge in [0.05, 0.1) is 11.3 Å². The maximum atomic E-state index is 12.4. The molecule has 0 atom stereocenters. The van der Waals surface area contributed by atoms with Crippen LogP contribution in [0.3, 0.4) is 0 Å². The van der Waals surface area contributed by atoms with Crippen molar-refractivity contribution in [1.82, 2.24) is 4.98 Å². The Labute approximate surface area is 167 Å². The summed E-state index contributed by atoms with van der Waals surface area (Å²) in [5, 5.41) is 3.62. The third-order valence-electron chi connectivity index (χ3n) is 5.66. The second-order valence-corrected chi connectivity index (χ2v) is 8.34. The Balaban J connectivity index is 1.45. The molecule has 140 valence electrons. The van der Waals surface area contributed by atoms with Crippen molar-refractivity contribution in [2.24, 2.45) is 0 Å². The Morgan fingerprint density at radius 2 is 1.75 bits per heavy atom. The summed E-state index contributed by atoms with van der Waals surface area (Å²) in [7, 11) is 0. The number of benzene rings is 2. The van der Waals surface area contributed by atoms with Crippen LogP contribution in [-0.2, 0) is 0 Å². The molecule has 0 radical (unpaired) electrons. The van der Waals surface area contributed by atoms with E-state index in [9.17, 15) is 4.79 Å². The molecule has 0 aliphatic heterocycles. The largest absolute Gasteiger partial charge is 0.422 e. The zero-order valence-electron chi connectivity index (χ0n) is 15.6. The molecule has 2 aromatic heterocycles. The average Bonchev–Trinajstić information content (AvgIpc) is 3.24. The number of nitrogens with zero attached hydrogens (tertiary/aromatic N) is 1. The van der Waals surface area contributed by atoms with Crippen molar-refractivity contribution in [3.05, 3.63) is 76.0 Å². The molecule has 1 aliphatic rings. The number of hydrogen-bond acceptors (Lipinski definition) is 4. The Kier molecular flexibility index (Phi) is 4.57. The van der Waals surface area contributed by atoms with Crippen LogP contribution < -0.4 is 5.63 Å². The summed E-state index contributed by atoms with van der Waals surface area (Å²) in [6, 6.07) is 18.2. The fourth-order valence-electron chi connectivity index (χ4n) is 4.10. The molecule has 2 heterocycles. The molecule has 0 spiro atoms. The van der Waals surface area contributed by atoms with E-state index in [0.717, 1.165) is 16.6 Å². The molecule has 1 aliphatic carbocycles. The van der Waals surface area contributed by atoms with Gasteiger partial charge in [0, 0.05) is 16.3 Å². The van der Waals surface area contributed by atoms with Crippen LogP contribution in [0.25, 0.3) is 32.8 Å². The molecule has 0 saturated heterocycles. The lowest BCUT2D eigenvalue weighted by Gasteiger charge is -2.22. The van der Waals surface area contributed by atoms with Crippen molar-refractivity contribution >= 4 is 22.3 Å². The van der Waals surface area contributed by atoms with Crippen molar-refractivity contribution in [2.45, 2.75) is 38.0 Å². The van der Waals surface area contributed by atoms with E-state index in [2.05, 4.69) is 24.3 Å². The first-order chi connectivity index (χ1) is 13.8. The summed E-state index contributed by atoms with van der Waals surface area (Å²) in [6.45, 7) is 0. The Hall–Kier alpha value is -2.72. The lowest BCUT2D eigenvalue weighted by molar-refractivity contribution is 0.443. The lowest BCUT2D eigenvalue weighted by Crippen LogP contribution is -2.04. The van der Waals surface area contributed by atoms with Crippen molar-refractivity contribution in [2.75, 3.05) is 0 Å². The van der Waals surface area contributed by atoms with Gasteiger partial charge in [-0.2, -0.15) is 0 Å². The van der Waals surface area contributed by atoms with E-state index in [1.807, 2.05) is 35.7 Å². The molecule has 3 nitrogen and oxygen atoms in total. The molecule has 0 N–H and O–H groups in total. The van der Waals surface area contributed by atoms with Gasteiger partial charge in [0.1, 0.15) is 10.6 Å². The zero-order valence-corrected chi connectivity index (χ0v) is 16.4. The molecule has 28 heavy (non-hydrogen) atoms. The van der Waals surface area contributed by atoms with Gasteiger partial charge in [-0.15, -0.1) is 11.3 Å². The number of thiazole rings is 1. The summed E-state index contributed by atoms with van der Waals surface area (Å²) in [5.74, 6) is 0.705. The van der Waals surface area contributed by atoms with Gasteiger partial charge in [-0.25, -0.2) is 9.78 Å². The van der Waals surface area contributed by atoms with Crippen LogP contribution in [0.5, 0.6) is 0 Å². The molecule has 4 aromatic rings. The second kappa shape index (κ2) is 7.36. The van der Waals surface area contributed by atoms with E-state index in [1.54, 1.807) is 0 Å². The van der Waals surface area contributed by atoms with Gasteiger partial charge >= 0.3 is 5.63 Å². The SMILES string of the molecule is O=c1oc2ccccc2cc1-c1nc(-c2ccc(C3CCCCC3)cc2)cs1. The maximum absolute atomic E-state index is 12.4. The number of hydrogen-bond donors (Lipinski definition) is 0. The van der Waals surface area contributed by atoms with Gasteiger partial charge in [0.2, 0.25) is 0 Å². The summed E-state index contributed by atoms with van der Waals surface area (Å²) < 4.78 is 5.46. The smallest absolute Gasteiger partial charge is 0.346 e. The molecule has 2 aromatic carbocycles. The van der Waals surface area contributed by atoms with E-state index in [0.29, 0.717) is 22.1 Å². The van der Waals surface area contributed by atoms with Gasteiger partial charge in [0.25, 0.3) is 0 Å². The van der Waals surface area contributed by atoms with Crippen LogP contribution in [0.1, 0.15) is 43.6 Å². The van der Waals surface area contributed by atoms with Crippen LogP contribution in [0.4, 0.5) is 0 Å². The van der Waals surface area contributed by atoms with Crippen molar-refractivity contribution in [3.63, 3.8) is 0 Å². The normalized spacial score (nSPS) is 15.1. The maximum Gasteiger partial charge on any atom is 0.346 e. The lowest BCUT2D eigenvalue weighted by atomic mass is 9.84. The molecular weight excluding hydrogens is 366 g/mol. The molecule has 1 saturated carbocycles. The highest BCUT2D eigenvalue weighted by molar-refractivity contribution is 7.13. The van der Waals surface area contributed by atoms with Crippen LogP contribution in [0.2, 0.25) is 0 Å². The Morgan fingerprint density at radius 1 is 0.964 bits per heavy atom. The molecule has 4 heteroatoms. The number of aromatic nitrogens is 1. The molecule has 0 bridgehead atoms. The first-order valence-electron chi connectivity index (χ1n) is 9.87. The van der Waals surface area contributed by atoms with Gasteiger partial charge in [-0.3, -0.25) is 0 Å².